The smallest absolute Gasteiger partial charge is 0.255 e. The van der Waals surface area contributed by atoms with Crippen molar-refractivity contribution < 1.29 is 9.53 Å². The minimum atomic E-state index is 0.0459. The van der Waals surface area contributed by atoms with Gasteiger partial charge in [-0.1, -0.05) is 0 Å². The molecule has 26 heavy (non-hydrogen) atoms. The van der Waals surface area contributed by atoms with Gasteiger partial charge in [0.15, 0.2) is 18.3 Å². The fourth-order valence-corrected chi connectivity index (χ4v) is 3.81. The third-order valence-electron chi connectivity index (χ3n) is 5.29. The van der Waals surface area contributed by atoms with E-state index in [-0.39, 0.29) is 5.91 Å². The SMILES string of the molecule is CN1CNc2cc(N3COc4cc(C(=O)N5CCCC5)cnc43)ccc21. The Labute approximate surface area is 152 Å². The van der Waals surface area contributed by atoms with Crippen LogP contribution in [0.25, 0.3) is 0 Å². The lowest BCUT2D eigenvalue weighted by atomic mass is 10.2. The Morgan fingerprint density at radius 3 is 2.92 bits per heavy atom. The summed E-state index contributed by atoms with van der Waals surface area (Å²) in [5.41, 5.74) is 3.93. The maximum Gasteiger partial charge on any atom is 0.255 e. The molecule has 1 amide bonds. The van der Waals surface area contributed by atoms with Crippen LogP contribution >= 0.6 is 0 Å². The molecule has 7 heteroatoms. The fourth-order valence-electron chi connectivity index (χ4n) is 3.81. The lowest BCUT2D eigenvalue weighted by Crippen LogP contribution is -2.27. The summed E-state index contributed by atoms with van der Waals surface area (Å²) < 4.78 is 5.82. The van der Waals surface area contributed by atoms with Crippen LogP contribution in [-0.2, 0) is 0 Å². The monoisotopic (exact) mass is 351 g/mol. The Morgan fingerprint density at radius 1 is 1.23 bits per heavy atom. The van der Waals surface area contributed by atoms with Crippen molar-refractivity contribution >= 4 is 28.8 Å². The van der Waals surface area contributed by atoms with E-state index in [1.54, 1.807) is 6.20 Å². The number of likely N-dealkylation sites (tertiary alicyclic amines) is 1. The van der Waals surface area contributed by atoms with Crippen molar-refractivity contribution in [3.8, 4) is 5.75 Å². The summed E-state index contributed by atoms with van der Waals surface area (Å²) in [6.07, 6.45) is 3.83. The molecular weight excluding hydrogens is 330 g/mol. The lowest BCUT2D eigenvalue weighted by molar-refractivity contribution is 0.0792. The highest BCUT2D eigenvalue weighted by atomic mass is 16.5. The van der Waals surface area contributed by atoms with Crippen LogP contribution < -0.4 is 19.9 Å². The Bertz CT molecular complexity index is 878. The number of carbonyl (C=O) groups excluding carboxylic acids is 1. The molecule has 0 spiro atoms. The summed E-state index contributed by atoms with van der Waals surface area (Å²) in [6, 6.07) is 8.12. The topological polar surface area (TPSA) is 60.9 Å². The zero-order valence-corrected chi connectivity index (χ0v) is 14.7. The second-order valence-corrected chi connectivity index (χ2v) is 6.98. The number of anilines is 4. The molecule has 3 aliphatic heterocycles. The number of ether oxygens (including phenoxy) is 1. The number of pyridine rings is 1. The molecule has 0 saturated carbocycles. The van der Waals surface area contributed by atoms with Gasteiger partial charge in [-0.15, -0.1) is 0 Å². The van der Waals surface area contributed by atoms with Gasteiger partial charge < -0.3 is 19.9 Å². The molecule has 1 aromatic carbocycles. The molecule has 1 fully saturated rings. The Hall–Kier alpha value is -2.96. The molecule has 0 unspecified atom stereocenters. The Morgan fingerprint density at radius 2 is 2.08 bits per heavy atom. The third kappa shape index (κ3) is 2.34. The van der Waals surface area contributed by atoms with Gasteiger partial charge in [0, 0.05) is 32.0 Å². The molecule has 1 aromatic heterocycles. The number of carbonyl (C=O) groups is 1. The van der Waals surface area contributed by atoms with Crippen LogP contribution in [0.2, 0.25) is 0 Å². The minimum absolute atomic E-state index is 0.0459. The van der Waals surface area contributed by atoms with Crippen molar-refractivity contribution in [3.05, 3.63) is 36.0 Å². The van der Waals surface area contributed by atoms with Crippen LogP contribution in [0.4, 0.5) is 22.9 Å². The zero-order valence-electron chi connectivity index (χ0n) is 14.7. The molecule has 0 radical (unpaired) electrons. The number of rotatable bonds is 2. The molecule has 3 aliphatic rings. The van der Waals surface area contributed by atoms with Gasteiger partial charge in [-0.05, 0) is 37.1 Å². The van der Waals surface area contributed by atoms with Crippen molar-refractivity contribution in [3.63, 3.8) is 0 Å². The molecule has 4 heterocycles. The second-order valence-electron chi connectivity index (χ2n) is 6.98. The van der Waals surface area contributed by atoms with Crippen molar-refractivity contribution in [1.29, 1.82) is 0 Å². The summed E-state index contributed by atoms with van der Waals surface area (Å²) in [4.78, 5) is 23.2. The molecule has 134 valence electrons. The van der Waals surface area contributed by atoms with E-state index >= 15 is 0 Å². The largest absolute Gasteiger partial charge is 0.469 e. The van der Waals surface area contributed by atoms with Crippen LogP contribution in [0.3, 0.4) is 0 Å². The molecule has 0 atom stereocenters. The van der Waals surface area contributed by atoms with Gasteiger partial charge in [0.2, 0.25) is 0 Å². The molecule has 1 saturated heterocycles. The summed E-state index contributed by atoms with van der Waals surface area (Å²) in [5.74, 6) is 1.47. The first-order chi connectivity index (χ1) is 12.7. The maximum absolute atomic E-state index is 12.6. The van der Waals surface area contributed by atoms with E-state index in [0.717, 1.165) is 49.8 Å². The van der Waals surface area contributed by atoms with E-state index in [2.05, 4.69) is 40.4 Å². The molecular formula is C19H21N5O2. The lowest BCUT2D eigenvalue weighted by Gasteiger charge is -2.18. The summed E-state index contributed by atoms with van der Waals surface area (Å²) in [7, 11) is 2.06. The highest BCUT2D eigenvalue weighted by Gasteiger charge is 2.28. The van der Waals surface area contributed by atoms with Crippen molar-refractivity contribution in [1.82, 2.24) is 9.88 Å². The number of fused-ring (bicyclic) bond motifs is 2. The predicted molar refractivity (Wildman–Crippen MR) is 100 cm³/mol. The minimum Gasteiger partial charge on any atom is -0.469 e. The van der Waals surface area contributed by atoms with Crippen LogP contribution in [0.5, 0.6) is 5.75 Å². The average molecular weight is 351 g/mol. The summed E-state index contributed by atoms with van der Waals surface area (Å²) in [5, 5.41) is 3.38. The predicted octanol–water partition coefficient (Wildman–Crippen LogP) is 2.62. The highest BCUT2D eigenvalue weighted by Crippen LogP contribution is 2.41. The van der Waals surface area contributed by atoms with Gasteiger partial charge >= 0.3 is 0 Å². The van der Waals surface area contributed by atoms with Crippen molar-refractivity contribution in [2.75, 3.05) is 48.7 Å². The maximum atomic E-state index is 12.6. The van der Waals surface area contributed by atoms with Gasteiger partial charge in [0.25, 0.3) is 5.91 Å². The van der Waals surface area contributed by atoms with E-state index in [4.69, 9.17) is 4.74 Å². The van der Waals surface area contributed by atoms with E-state index in [9.17, 15) is 4.79 Å². The first-order valence-electron chi connectivity index (χ1n) is 8.99. The van der Waals surface area contributed by atoms with Gasteiger partial charge in [0.05, 0.1) is 23.6 Å². The second kappa shape index (κ2) is 5.79. The first kappa shape index (κ1) is 15.3. The molecule has 5 rings (SSSR count). The number of aromatic nitrogens is 1. The normalized spacial score (nSPS) is 17.8. The zero-order chi connectivity index (χ0) is 17.7. The van der Waals surface area contributed by atoms with E-state index in [1.165, 1.54) is 5.69 Å². The number of benzene rings is 1. The van der Waals surface area contributed by atoms with Crippen LogP contribution in [0, 0.1) is 0 Å². The van der Waals surface area contributed by atoms with Gasteiger partial charge in [0.1, 0.15) is 0 Å². The Balaban J connectivity index is 1.43. The average Bonchev–Trinajstić information content (AvgIpc) is 3.40. The number of amides is 1. The summed E-state index contributed by atoms with van der Waals surface area (Å²) >= 11 is 0. The molecule has 1 N–H and O–H groups in total. The van der Waals surface area contributed by atoms with E-state index in [1.807, 2.05) is 15.9 Å². The highest BCUT2D eigenvalue weighted by molar-refractivity contribution is 5.95. The fraction of sp³-hybridized carbons (Fsp3) is 0.368. The van der Waals surface area contributed by atoms with Gasteiger partial charge in [-0.2, -0.15) is 0 Å². The van der Waals surface area contributed by atoms with Crippen LogP contribution in [0.15, 0.2) is 30.5 Å². The molecule has 7 nitrogen and oxygen atoms in total. The molecule has 0 bridgehead atoms. The van der Waals surface area contributed by atoms with Crippen molar-refractivity contribution in [2.45, 2.75) is 12.8 Å². The number of nitrogens with one attached hydrogen (secondary N) is 1. The first-order valence-corrected chi connectivity index (χ1v) is 8.99. The van der Waals surface area contributed by atoms with Gasteiger partial charge in [-0.3, -0.25) is 9.69 Å². The van der Waals surface area contributed by atoms with Crippen molar-refractivity contribution in [2.24, 2.45) is 0 Å². The standard InChI is InChI=1S/C19H21N5O2/c1-22-11-21-15-9-14(4-5-16(15)22)24-12-26-17-8-13(10-20-18(17)24)19(25)23-6-2-3-7-23/h4-5,8-10,21H,2-3,6-7,11-12H2,1H3. The molecule has 2 aromatic rings. The number of hydrogen-bond donors (Lipinski definition) is 1. The van der Waals surface area contributed by atoms with E-state index in [0.29, 0.717) is 18.0 Å². The van der Waals surface area contributed by atoms with Gasteiger partial charge in [-0.25, -0.2) is 4.98 Å². The quantitative estimate of drug-likeness (QED) is 0.898. The van der Waals surface area contributed by atoms with Crippen LogP contribution in [0.1, 0.15) is 23.2 Å². The number of nitrogens with zero attached hydrogens (tertiary/aromatic N) is 4. The number of hydrogen-bond acceptors (Lipinski definition) is 6. The molecule has 0 aliphatic carbocycles. The van der Waals surface area contributed by atoms with Crippen LogP contribution in [-0.4, -0.2) is 49.3 Å². The summed E-state index contributed by atoms with van der Waals surface area (Å²) in [6.45, 7) is 2.88. The Kier molecular flexibility index (Phi) is 3.41. The third-order valence-corrected chi connectivity index (χ3v) is 5.29. The van der Waals surface area contributed by atoms with E-state index < -0.39 is 0 Å².